The van der Waals surface area contributed by atoms with Gasteiger partial charge in [0.1, 0.15) is 5.82 Å². The summed E-state index contributed by atoms with van der Waals surface area (Å²) in [7, 11) is -1.93. The molecule has 1 aromatic rings. The standard InChI is InChI=1S/C13H20FN3O3S.ClH/c1-10(15-2)9-16-13(18)7-8-17-21(19,20)12-5-3-11(14)4-6-12;/h3-6,10,15,17H,7-9H2,1-2H3,(H,16,18);1H. The van der Waals surface area contributed by atoms with Crippen molar-refractivity contribution >= 4 is 28.3 Å². The van der Waals surface area contributed by atoms with Gasteiger partial charge in [0, 0.05) is 25.6 Å². The number of sulfonamides is 1. The van der Waals surface area contributed by atoms with Crippen LogP contribution in [-0.2, 0) is 14.8 Å². The SMILES string of the molecule is CNC(C)CNC(=O)CCNS(=O)(=O)c1ccc(F)cc1.Cl. The smallest absolute Gasteiger partial charge is 0.240 e. The maximum absolute atomic E-state index is 12.7. The summed E-state index contributed by atoms with van der Waals surface area (Å²) in [6.45, 7) is 2.37. The van der Waals surface area contributed by atoms with Crippen molar-refractivity contribution in [2.24, 2.45) is 0 Å². The molecule has 6 nitrogen and oxygen atoms in total. The molecule has 1 aromatic carbocycles. The molecule has 0 aromatic heterocycles. The van der Waals surface area contributed by atoms with Crippen molar-refractivity contribution in [1.29, 1.82) is 0 Å². The zero-order chi connectivity index (χ0) is 15.9. The Morgan fingerprint density at radius 1 is 1.27 bits per heavy atom. The van der Waals surface area contributed by atoms with E-state index in [4.69, 9.17) is 0 Å². The van der Waals surface area contributed by atoms with Crippen molar-refractivity contribution < 1.29 is 17.6 Å². The lowest BCUT2D eigenvalue weighted by Gasteiger charge is -2.11. The summed E-state index contributed by atoms with van der Waals surface area (Å²) in [5.41, 5.74) is 0. The van der Waals surface area contributed by atoms with E-state index >= 15 is 0 Å². The lowest BCUT2D eigenvalue weighted by atomic mass is 10.3. The van der Waals surface area contributed by atoms with Gasteiger partial charge in [0.2, 0.25) is 15.9 Å². The van der Waals surface area contributed by atoms with Crippen LogP contribution in [0.15, 0.2) is 29.2 Å². The van der Waals surface area contributed by atoms with Gasteiger partial charge in [-0.3, -0.25) is 4.79 Å². The molecular formula is C13H21ClFN3O3S. The van der Waals surface area contributed by atoms with Crippen LogP contribution in [0.25, 0.3) is 0 Å². The first kappa shape index (κ1) is 20.8. The first-order valence-corrected chi connectivity index (χ1v) is 8.02. The molecule has 22 heavy (non-hydrogen) atoms. The van der Waals surface area contributed by atoms with E-state index in [9.17, 15) is 17.6 Å². The minimum Gasteiger partial charge on any atom is -0.355 e. The van der Waals surface area contributed by atoms with Crippen LogP contribution in [0.4, 0.5) is 4.39 Å². The van der Waals surface area contributed by atoms with Gasteiger partial charge in [0.25, 0.3) is 0 Å². The van der Waals surface area contributed by atoms with Crippen LogP contribution in [0, 0.1) is 5.82 Å². The second-order valence-electron chi connectivity index (χ2n) is 4.60. The number of nitrogens with one attached hydrogen (secondary N) is 3. The molecule has 0 fully saturated rings. The third kappa shape index (κ3) is 7.17. The van der Waals surface area contributed by atoms with E-state index in [1.807, 2.05) is 6.92 Å². The largest absolute Gasteiger partial charge is 0.355 e. The average molecular weight is 354 g/mol. The molecular weight excluding hydrogens is 333 g/mol. The highest BCUT2D eigenvalue weighted by Crippen LogP contribution is 2.09. The van der Waals surface area contributed by atoms with E-state index in [1.165, 1.54) is 12.1 Å². The number of halogens is 2. The van der Waals surface area contributed by atoms with Crippen molar-refractivity contribution in [2.75, 3.05) is 20.1 Å². The van der Waals surface area contributed by atoms with Crippen LogP contribution in [-0.4, -0.2) is 40.5 Å². The lowest BCUT2D eigenvalue weighted by molar-refractivity contribution is -0.121. The highest BCUT2D eigenvalue weighted by molar-refractivity contribution is 7.89. The van der Waals surface area contributed by atoms with Gasteiger partial charge >= 0.3 is 0 Å². The maximum atomic E-state index is 12.7. The molecule has 1 rings (SSSR count). The Bertz CT molecular complexity index is 566. The molecule has 1 amide bonds. The monoisotopic (exact) mass is 353 g/mol. The first-order chi connectivity index (χ1) is 9.85. The molecule has 0 aliphatic carbocycles. The Kier molecular flexibility index (Phi) is 9.19. The molecule has 9 heteroatoms. The zero-order valence-electron chi connectivity index (χ0n) is 12.4. The molecule has 126 valence electrons. The number of carbonyl (C=O) groups excluding carboxylic acids is 1. The van der Waals surface area contributed by atoms with Gasteiger partial charge in [0.05, 0.1) is 4.90 Å². The van der Waals surface area contributed by atoms with Gasteiger partial charge in [-0.15, -0.1) is 12.4 Å². The topological polar surface area (TPSA) is 87.3 Å². The zero-order valence-corrected chi connectivity index (χ0v) is 14.1. The normalized spacial score (nSPS) is 12.3. The third-order valence-corrected chi connectivity index (χ3v) is 4.34. The van der Waals surface area contributed by atoms with Gasteiger partial charge in [0.15, 0.2) is 0 Å². The molecule has 0 saturated heterocycles. The van der Waals surface area contributed by atoms with Gasteiger partial charge in [-0.05, 0) is 38.2 Å². The van der Waals surface area contributed by atoms with Crippen LogP contribution < -0.4 is 15.4 Å². The highest BCUT2D eigenvalue weighted by Gasteiger charge is 2.14. The maximum Gasteiger partial charge on any atom is 0.240 e. The molecule has 0 heterocycles. The van der Waals surface area contributed by atoms with E-state index in [-0.39, 0.29) is 42.2 Å². The molecule has 0 aliphatic heterocycles. The predicted octanol–water partition coefficient (Wildman–Crippen LogP) is 0.640. The van der Waals surface area contributed by atoms with Crippen molar-refractivity contribution in [2.45, 2.75) is 24.3 Å². The third-order valence-electron chi connectivity index (χ3n) is 2.87. The average Bonchev–Trinajstić information content (AvgIpc) is 2.45. The van der Waals surface area contributed by atoms with Crippen molar-refractivity contribution in [3.63, 3.8) is 0 Å². The quantitative estimate of drug-likeness (QED) is 0.640. The van der Waals surface area contributed by atoms with Gasteiger partial charge in [-0.2, -0.15) is 0 Å². The summed E-state index contributed by atoms with van der Waals surface area (Å²) in [4.78, 5) is 11.5. The number of hydrogen-bond donors (Lipinski definition) is 3. The molecule has 1 atom stereocenters. The lowest BCUT2D eigenvalue weighted by Crippen LogP contribution is -2.38. The molecule has 0 saturated carbocycles. The van der Waals surface area contributed by atoms with E-state index < -0.39 is 15.8 Å². The number of likely N-dealkylation sites (N-methyl/N-ethyl adjacent to an activating group) is 1. The minimum atomic E-state index is -3.72. The second-order valence-corrected chi connectivity index (χ2v) is 6.36. The second kappa shape index (κ2) is 9.73. The fourth-order valence-electron chi connectivity index (χ4n) is 1.45. The summed E-state index contributed by atoms with van der Waals surface area (Å²) in [6.07, 6.45) is 0.0386. The van der Waals surface area contributed by atoms with Gasteiger partial charge in [-0.25, -0.2) is 17.5 Å². The number of carbonyl (C=O) groups is 1. The fraction of sp³-hybridized carbons (Fsp3) is 0.462. The van der Waals surface area contributed by atoms with E-state index in [2.05, 4.69) is 15.4 Å². The minimum absolute atomic E-state index is 0. The Labute approximate surface area is 136 Å². The number of hydrogen-bond acceptors (Lipinski definition) is 4. The highest BCUT2D eigenvalue weighted by atomic mass is 35.5. The molecule has 0 spiro atoms. The predicted molar refractivity (Wildman–Crippen MR) is 85.0 cm³/mol. The van der Waals surface area contributed by atoms with Gasteiger partial charge < -0.3 is 10.6 Å². The summed E-state index contributed by atoms with van der Waals surface area (Å²) in [5, 5.41) is 5.65. The summed E-state index contributed by atoms with van der Waals surface area (Å²) in [5.74, 6) is -0.745. The van der Waals surface area contributed by atoms with Crippen molar-refractivity contribution in [3.05, 3.63) is 30.1 Å². The Hall–Kier alpha value is -1.22. The van der Waals surface area contributed by atoms with Crippen LogP contribution in [0.1, 0.15) is 13.3 Å². The van der Waals surface area contributed by atoms with Crippen molar-refractivity contribution in [3.8, 4) is 0 Å². The van der Waals surface area contributed by atoms with Crippen LogP contribution >= 0.6 is 12.4 Å². The van der Waals surface area contributed by atoms with Crippen LogP contribution in [0.3, 0.4) is 0 Å². The summed E-state index contributed by atoms with van der Waals surface area (Å²) >= 11 is 0. The van der Waals surface area contributed by atoms with Crippen LogP contribution in [0.2, 0.25) is 0 Å². The van der Waals surface area contributed by atoms with E-state index in [1.54, 1.807) is 7.05 Å². The molecule has 0 radical (unpaired) electrons. The number of benzene rings is 1. The Balaban J connectivity index is 0.00000441. The van der Waals surface area contributed by atoms with Crippen molar-refractivity contribution in [1.82, 2.24) is 15.4 Å². The van der Waals surface area contributed by atoms with Crippen LogP contribution in [0.5, 0.6) is 0 Å². The number of rotatable bonds is 8. The molecule has 0 aliphatic rings. The summed E-state index contributed by atoms with van der Waals surface area (Å²) < 4.78 is 38.8. The Morgan fingerprint density at radius 3 is 2.41 bits per heavy atom. The number of amides is 1. The molecule has 0 bridgehead atoms. The van der Waals surface area contributed by atoms with Gasteiger partial charge in [-0.1, -0.05) is 0 Å². The Morgan fingerprint density at radius 2 is 1.86 bits per heavy atom. The van der Waals surface area contributed by atoms with E-state index in [0.29, 0.717) is 6.54 Å². The molecule has 1 unspecified atom stereocenters. The summed E-state index contributed by atoms with van der Waals surface area (Å²) in [6, 6.07) is 4.63. The molecule has 3 N–H and O–H groups in total. The first-order valence-electron chi connectivity index (χ1n) is 6.54. The fourth-order valence-corrected chi connectivity index (χ4v) is 2.49. The van der Waals surface area contributed by atoms with E-state index in [0.717, 1.165) is 12.1 Å².